The molecule has 2 amide bonds. The second-order valence-corrected chi connectivity index (χ2v) is 8.15. The molecule has 2 fully saturated rings. The molecule has 0 bridgehead atoms. The average molecular weight is 404 g/mol. The van der Waals surface area contributed by atoms with E-state index in [1.807, 2.05) is 0 Å². The van der Waals surface area contributed by atoms with E-state index in [0.717, 1.165) is 30.5 Å². The molecule has 1 aliphatic carbocycles. The van der Waals surface area contributed by atoms with Gasteiger partial charge in [-0.2, -0.15) is 0 Å². The molecule has 150 valence electrons. The Labute approximate surface area is 169 Å². The van der Waals surface area contributed by atoms with Gasteiger partial charge in [-0.05, 0) is 54.3 Å². The Hall–Kier alpha value is -2.28. The van der Waals surface area contributed by atoms with E-state index in [2.05, 4.69) is 5.32 Å². The van der Waals surface area contributed by atoms with Crippen molar-refractivity contribution in [1.29, 1.82) is 0 Å². The van der Waals surface area contributed by atoms with Crippen molar-refractivity contribution >= 4 is 35.0 Å². The quantitative estimate of drug-likeness (QED) is 0.405. The molecule has 0 unspecified atom stereocenters. The molecule has 6 nitrogen and oxygen atoms in total. The standard InChI is InChI=1S/C21H25NO5S/c1-26-17-12-15(13-18-20(24)22-21(25)28-18)10-11-16(17)27-19(23)9-5-8-14-6-3-2-4-7-14/h10-14H,2-9H2,1H3,(H,22,24,25). The molecule has 28 heavy (non-hydrogen) atoms. The van der Waals surface area contributed by atoms with Crippen molar-refractivity contribution in [2.75, 3.05) is 7.11 Å². The fourth-order valence-electron chi connectivity index (χ4n) is 3.62. The van der Waals surface area contributed by atoms with Crippen molar-refractivity contribution in [3.05, 3.63) is 28.7 Å². The van der Waals surface area contributed by atoms with Gasteiger partial charge in [0.05, 0.1) is 12.0 Å². The molecule has 0 atom stereocenters. The third-order valence-corrected chi connectivity index (χ3v) is 5.88. The van der Waals surface area contributed by atoms with Gasteiger partial charge >= 0.3 is 5.97 Å². The highest BCUT2D eigenvalue weighted by Gasteiger charge is 2.25. The number of nitrogens with one attached hydrogen (secondary N) is 1. The molecule has 1 N–H and O–H groups in total. The zero-order valence-corrected chi connectivity index (χ0v) is 16.8. The SMILES string of the molecule is COc1cc(C=C2SC(=O)NC2=O)ccc1OC(=O)CCCC1CCCCC1. The molecule has 7 heteroatoms. The molecule has 1 aromatic carbocycles. The van der Waals surface area contributed by atoms with Crippen LogP contribution in [0.2, 0.25) is 0 Å². The number of carbonyl (C=O) groups excluding carboxylic acids is 3. The number of esters is 1. The Morgan fingerprint density at radius 1 is 1.21 bits per heavy atom. The van der Waals surface area contributed by atoms with Crippen LogP contribution in [0.25, 0.3) is 6.08 Å². The zero-order chi connectivity index (χ0) is 19.9. The summed E-state index contributed by atoms with van der Waals surface area (Å²) in [7, 11) is 1.49. The van der Waals surface area contributed by atoms with Crippen LogP contribution in [-0.2, 0) is 9.59 Å². The summed E-state index contributed by atoms with van der Waals surface area (Å²) in [6.45, 7) is 0. The minimum Gasteiger partial charge on any atom is -0.493 e. The largest absolute Gasteiger partial charge is 0.493 e. The molecular weight excluding hydrogens is 378 g/mol. The maximum atomic E-state index is 12.2. The lowest BCUT2D eigenvalue weighted by atomic mass is 9.86. The van der Waals surface area contributed by atoms with Crippen molar-refractivity contribution < 1.29 is 23.9 Å². The maximum Gasteiger partial charge on any atom is 0.311 e. The third-order valence-electron chi connectivity index (χ3n) is 5.07. The van der Waals surface area contributed by atoms with Crippen LogP contribution in [-0.4, -0.2) is 24.2 Å². The lowest BCUT2D eigenvalue weighted by Crippen LogP contribution is -2.17. The topological polar surface area (TPSA) is 81.7 Å². The fraction of sp³-hybridized carbons (Fsp3) is 0.476. The van der Waals surface area contributed by atoms with Gasteiger partial charge in [-0.25, -0.2) is 0 Å². The lowest BCUT2D eigenvalue weighted by molar-refractivity contribution is -0.134. The molecule has 1 aromatic rings. The smallest absolute Gasteiger partial charge is 0.311 e. The molecule has 1 aliphatic heterocycles. The van der Waals surface area contributed by atoms with Gasteiger partial charge in [0.1, 0.15) is 0 Å². The molecule has 1 saturated carbocycles. The average Bonchev–Trinajstić information content (AvgIpc) is 3.00. The fourth-order valence-corrected chi connectivity index (χ4v) is 4.30. The summed E-state index contributed by atoms with van der Waals surface area (Å²) < 4.78 is 10.8. The van der Waals surface area contributed by atoms with Crippen molar-refractivity contribution in [3.8, 4) is 11.5 Å². The van der Waals surface area contributed by atoms with Crippen LogP contribution < -0.4 is 14.8 Å². The summed E-state index contributed by atoms with van der Waals surface area (Å²) >= 11 is 0.853. The predicted molar refractivity (Wildman–Crippen MR) is 108 cm³/mol. The van der Waals surface area contributed by atoms with Crippen LogP contribution >= 0.6 is 11.8 Å². The molecule has 0 spiro atoms. The number of benzene rings is 1. The van der Waals surface area contributed by atoms with Gasteiger partial charge in [-0.1, -0.05) is 38.2 Å². The number of hydrogen-bond donors (Lipinski definition) is 1. The van der Waals surface area contributed by atoms with E-state index >= 15 is 0 Å². The Balaban J connectivity index is 1.56. The Kier molecular flexibility index (Phi) is 7.14. The highest BCUT2D eigenvalue weighted by atomic mass is 32.2. The number of methoxy groups -OCH3 is 1. The first-order chi connectivity index (χ1) is 13.5. The Morgan fingerprint density at radius 2 is 2.00 bits per heavy atom. The summed E-state index contributed by atoms with van der Waals surface area (Å²) in [5.74, 6) is 0.830. The number of amides is 2. The molecular formula is C21H25NO5S. The first-order valence-corrected chi connectivity index (χ1v) is 10.5. The third kappa shape index (κ3) is 5.61. The summed E-state index contributed by atoms with van der Waals surface area (Å²) in [5, 5.41) is 1.83. The number of hydrogen-bond acceptors (Lipinski definition) is 6. The van der Waals surface area contributed by atoms with E-state index < -0.39 is 5.91 Å². The normalized spacial score (nSPS) is 19.0. The second kappa shape index (κ2) is 9.78. The van der Waals surface area contributed by atoms with E-state index in [1.54, 1.807) is 24.3 Å². The van der Waals surface area contributed by atoms with Crippen LogP contribution in [0.5, 0.6) is 11.5 Å². The number of rotatable bonds is 7. The van der Waals surface area contributed by atoms with E-state index in [0.29, 0.717) is 28.4 Å². The van der Waals surface area contributed by atoms with Crippen LogP contribution in [0.15, 0.2) is 23.1 Å². The Morgan fingerprint density at radius 3 is 2.68 bits per heavy atom. The van der Waals surface area contributed by atoms with Gasteiger partial charge in [-0.15, -0.1) is 0 Å². The zero-order valence-electron chi connectivity index (χ0n) is 16.0. The van der Waals surface area contributed by atoms with Crippen molar-refractivity contribution in [1.82, 2.24) is 5.32 Å². The predicted octanol–water partition coefficient (Wildman–Crippen LogP) is 4.68. The molecule has 0 aromatic heterocycles. The van der Waals surface area contributed by atoms with E-state index in [4.69, 9.17) is 9.47 Å². The van der Waals surface area contributed by atoms with Crippen molar-refractivity contribution in [2.45, 2.75) is 51.4 Å². The van der Waals surface area contributed by atoms with Crippen molar-refractivity contribution in [2.24, 2.45) is 5.92 Å². The first kappa shape index (κ1) is 20.5. The van der Waals surface area contributed by atoms with Gasteiger partial charge in [0, 0.05) is 6.42 Å². The second-order valence-electron chi connectivity index (χ2n) is 7.13. The first-order valence-electron chi connectivity index (χ1n) is 9.68. The number of carbonyl (C=O) groups is 3. The molecule has 1 heterocycles. The Bertz CT molecular complexity index is 783. The van der Waals surface area contributed by atoms with E-state index in [1.165, 1.54) is 39.2 Å². The maximum absolute atomic E-state index is 12.2. The summed E-state index contributed by atoms with van der Waals surface area (Å²) in [6, 6.07) is 5.04. The summed E-state index contributed by atoms with van der Waals surface area (Å²) in [5.41, 5.74) is 0.682. The number of imide groups is 1. The summed E-state index contributed by atoms with van der Waals surface area (Å²) in [6.07, 6.45) is 10.4. The summed E-state index contributed by atoms with van der Waals surface area (Å²) in [4.78, 5) is 35.4. The van der Waals surface area contributed by atoms with Gasteiger partial charge < -0.3 is 9.47 Å². The molecule has 3 rings (SSSR count). The highest BCUT2D eigenvalue weighted by Crippen LogP contribution is 2.32. The minimum atomic E-state index is -0.414. The van der Waals surface area contributed by atoms with Crippen LogP contribution in [0, 0.1) is 5.92 Å². The van der Waals surface area contributed by atoms with Crippen molar-refractivity contribution in [3.63, 3.8) is 0 Å². The molecule has 2 aliphatic rings. The molecule has 0 radical (unpaired) electrons. The van der Waals surface area contributed by atoms with Crippen LogP contribution in [0.1, 0.15) is 56.9 Å². The van der Waals surface area contributed by atoms with E-state index in [-0.39, 0.29) is 11.2 Å². The van der Waals surface area contributed by atoms with Gasteiger partial charge in [0.25, 0.3) is 11.1 Å². The highest BCUT2D eigenvalue weighted by molar-refractivity contribution is 8.18. The number of thioether (sulfide) groups is 1. The van der Waals surface area contributed by atoms with Gasteiger partial charge in [-0.3, -0.25) is 19.7 Å². The van der Waals surface area contributed by atoms with E-state index in [9.17, 15) is 14.4 Å². The van der Waals surface area contributed by atoms with Crippen LogP contribution in [0.3, 0.4) is 0 Å². The van der Waals surface area contributed by atoms with Crippen LogP contribution in [0.4, 0.5) is 4.79 Å². The molecule has 1 saturated heterocycles. The van der Waals surface area contributed by atoms with Gasteiger partial charge in [0.15, 0.2) is 11.5 Å². The van der Waals surface area contributed by atoms with Gasteiger partial charge in [0.2, 0.25) is 0 Å². The monoisotopic (exact) mass is 403 g/mol. The lowest BCUT2D eigenvalue weighted by Gasteiger charge is -2.21. The number of ether oxygens (including phenoxy) is 2. The minimum absolute atomic E-state index is 0.267.